The number of halogens is 1. The van der Waals surface area contributed by atoms with Crippen LogP contribution in [0.4, 0.5) is 4.39 Å². The van der Waals surface area contributed by atoms with Gasteiger partial charge in [-0.2, -0.15) is 0 Å². The average Bonchev–Trinajstić information content (AvgIpc) is 3.28. The third-order valence-corrected chi connectivity index (χ3v) is 7.15. The molecule has 0 spiro atoms. The third-order valence-electron chi connectivity index (χ3n) is 7.15. The van der Waals surface area contributed by atoms with E-state index in [0.717, 1.165) is 33.6 Å². The molecule has 3 aromatic carbocycles. The number of aromatic nitrogens is 1. The minimum Gasteiger partial charge on any atom is -0.550 e. The number of ketones is 1. The van der Waals surface area contributed by atoms with Gasteiger partial charge < -0.3 is 24.7 Å². The van der Waals surface area contributed by atoms with E-state index in [1.54, 1.807) is 12.1 Å². The van der Waals surface area contributed by atoms with Crippen LogP contribution in [0.5, 0.6) is 0 Å². The predicted molar refractivity (Wildman–Crippen MR) is 160 cm³/mol. The summed E-state index contributed by atoms with van der Waals surface area (Å²) in [6.45, 7) is 4.31. The maximum absolute atomic E-state index is 14.2. The average molecular weight is 597 g/mol. The first-order valence-corrected chi connectivity index (χ1v) is 13.9. The van der Waals surface area contributed by atoms with Crippen molar-refractivity contribution in [2.75, 3.05) is 0 Å². The molecule has 6 nitrogen and oxygen atoms in total. The van der Waals surface area contributed by atoms with Crippen LogP contribution in [-0.2, 0) is 17.8 Å². The number of hydrogen-bond donors (Lipinski definition) is 2. The summed E-state index contributed by atoms with van der Waals surface area (Å²) >= 11 is 0. The van der Waals surface area contributed by atoms with Crippen molar-refractivity contribution in [3.8, 4) is 22.4 Å². The van der Waals surface area contributed by atoms with Gasteiger partial charge in [0.05, 0.1) is 17.9 Å². The summed E-state index contributed by atoms with van der Waals surface area (Å²) in [5.74, 6) is -1.90. The largest absolute Gasteiger partial charge is 2.00 e. The number of carboxylic acid groups (broad SMARTS) is 1. The Morgan fingerprint density at radius 3 is 2.02 bits per heavy atom. The maximum atomic E-state index is 14.2. The van der Waals surface area contributed by atoms with Crippen LogP contribution in [0.2, 0.25) is 0 Å². The van der Waals surface area contributed by atoms with E-state index >= 15 is 0 Å². The van der Waals surface area contributed by atoms with E-state index in [1.165, 1.54) is 12.1 Å². The Morgan fingerprint density at radius 2 is 1.45 bits per heavy atom. The Kier molecular flexibility index (Phi) is 12.5. The molecular weight excluding hydrogens is 561 g/mol. The first-order chi connectivity index (χ1) is 19.7. The van der Waals surface area contributed by atoms with Gasteiger partial charge in [0.15, 0.2) is 5.78 Å². The van der Waals surface area contributed by atoms with E-state index < -0.39 is 24.6 Å². The van der Waals surface area contributed by atoms with Gasteiger partial charge in [-0.1, -0.05) is 74.5 Å². The minimum absolute atomic E-state index is 0. The summed E-state index contributed by atoms with van der Waals surface area (Å²) in [4.78, 5) is 25.0. The first-order valence-electron chi connectivity index (χ1n) is 13.9. The van der Waals surface area contributed by atoms with E-state index in [2.05, 4.69) is 0 Å². The van der Waals surface area contributed by atoms with Crippen molar-refractivity contribution in [2.45, 2.75) is 64.2 Å². The molecule has 42 heavy (non-hydrogen) atoms. The number of Topliss-reactive ketones (excluding diaryl/α,β-unsaturated/α-hetero) is 1. The van der Waals surface area contributed by atoms with Crippen molar-refractivity contribution in [3.05, 3.63) is 108 Å². The summed E-state index contributed by atoms with van der Waals surface area (Å²) in [7, 11) is 0. The molecule has 0 bridgehead atoms. The number of carbonyl (C=O) groups excluding carboxylic acids is 2. The van der Waals surface area contributed by atoms with Crippen molar-refractivity contribution in [2.24, 2.45) is 0 Å². The Hall–Kier alpha value is -2.81. The van der Waals surface area contributed by atoms with Crippen LogP contribution in [0.25, 0.3) is 22.4 Å². The molecule has 0 aliphatic carbocycles. The number of aliphatic hydroxyl groups is 2. The van der Waals surface area contributed by atoms with Crippen molar-refractivity contribution in [1.29, 1.82) is 0 Å². The van der Waals surface area contributed by atoms with E-state index in [-0.39, 0.29) is 81.1 Å². The number of hydrogen-bond acceptors (Lipinski definition) is 5. The van der Waals surface area contributed by atoms with Crippen LogP contribution in [0.15, 0.2) is 84.9 Å². The molecule has 2 atom stereocenters. The van der Waals surface area contributed by atoms with Crippen LogP contribution >= 0.6 is 0 Å². The fraction of sp³-hybridized carbons (Fsp3) is 0.294. The summed E-state index contributed by atoms with van der Waals surface area (Å²) in [6.07, 6.45) is -2.50. The molecule has 0 saturated heterocycles. The van der Waals surface area contributed by atoms with Gasteiger partial charge in [0, 0.05) is 42.2 Å². The molecular formula is C34H35CaFNO5+. The monoisotopic (exact) mass is 596 g/mol. The van der Waals surface area contributed by atoms with Gasteiger partial charge in [-0.05, 0) is 59.7 Å². The topological polar surface area (TPSA) is 103 Å². The molecule has 0 amide bonds. The minimum atomic E-state index is -1.38. The van der Waals surface area contributed by atoms with Crippen molar-refractivity contribution in [3.63, 3.8) is 0 Å². The van der Waals surface area contributed by atoms with Crippen molar-refractivity contribution >= 4 is 49.5 Å². The van der Waals surface area contributed by atoms with Crippen LogP contribution < -0.4 is 5.11 Å². The number of carboxylic acids is 1. The molecule has 4 aromatic rings. The van der Waals surface area contributed by atoms with Gasteiger partial charge in [0.25, 0.3) is 0 Å². The first kappa shape index (κ1) is 33.7. The molecule has 214 valence electrons. The second kappa shape index (κ2) is 15.6. The summed E-state index contributed by atoms with van der Waals surface area (Å²) in [5.41, 5.74) is 5.31. The second-order valence-corrected chi connectivity index (χ2v) is 10.7. The quantitative estimate of drug-likeness (QED) is 0.171. The van der Waals surface area contributed by atoms with Gasteiger partial charge in [-0.15, -0.1) is 0 Å². The fourth-order valence-electron chi connectivity index (χ4n) is 5.40. The number of aliphatic hydroxyl groups excluding tert-OH is 2. The molecule has 0 aliphatic heterocycles. The molecule has 1 heterocycles. The molecule has 0 radical (unpaired) electrons. The number of aliphatic carboxylic acids is 1. The standard InChI is InChI=1S/C34H36FNO5.Ca/c1-22(2)33-32(29(39)19-23-9-5-3-6-10-23)31(24-11-7-4-8-12-24)34(25-13-15-26(35)16-14-25)36(33)18-17-27(37)20-28(38)21-30(40)41;/h3-16,22,27-28,37-38H,17-21H2,1-2H3,(H,40,41);/q;+2/p-1/t27-,28-;/m1./s1. The molecule has 1 aromatic heterocycles. The molecule has 0 fully saturated rings. The van der Waals surface area contributed by atoms with Gasteiger partial charge in [0.2, 0.25) is 0 Å². The van der Waals surface area contributed by atoms with Crippen LogP contribution in [0, 0.1) is 5.82 Å². The van der Waals surface area contributed by atoms with Crippen LogP contribution in [0.1, 0.15) is 60.6 Å². The van der Waals surface area contributed by atoms with Crippen LogP contribution in [-0.4, -0.2) is 76.5 Å². The molecule has 0 unspecified atom stereocenters. The summed E-state index contributed by atoms with van der Waals surface area (Å²) in [6, 6.07) is 25.3. The molecule has 8 heteroatoms. The SMILES string of the molecule is CC(C)c1c(C(=O)Cc2ccccc2)c(-c2ccccc2)c(-c2ccc(F)cc2)n1CC[C@@H](O)C[C@@H](O)CC(=O)[O-].[Ca+2]. The second-order valence-electron chi connectivity index (χ2n) is 10.7. The number of benzene rings is 3. The van der Waals surface area contributed by atoms with E-state index in [4.69, 9.17) is 0 Å². The zero-order valence-electron chi connectivity index (χ0n) is 24.0. The predicted octanol–water partition coefficient (Wildman–Crippen LogP) is 4.77. The fourth-order valence-corrected chi connectivity index (χ4v) is 5.40. The number of rotatable bonds is 13. The maximum Gasteiger partial charge on any atom is 2.00 e. The Balaban J connectivity index is 0.00000484. The normalized spacial score (nSPS) is 12.5. The number of nitrogens with zero attached hydrogens (tertiary/aromatic N) is 1. The van der Waals surface area contributed by atoms with E-state index in [9.17, 15) is 29.3 Å². The van der Waals surface area contributed by atoms with Crippen LogP contribution in [0.3, 0.4) is 0 Å². The molecule has 2 N–H and O–H groups in total. The Labute approximate surface area is 275 Å². The van der Waals surface area contributed by atoms with Gasteiger partial charge in [-0.25, -0.2) is 4.39 Å². The van der Waals surface area contributed by atoms with Gasteiger partial charge in [-0.3, -0.25) is 4.79 Å². The zero-order valence-corrected chi connectivity index (χ0v) is 26.2. The zero-order chi connectivity index (χ0) is 29.5. The Bertz CT molecular complexity index is 1470. The summed E-state index contributed by atoms with van der Waals surface area (Å²) < 4.78 is 16.0. The molecule has 4 rings (SSSR count). The van der Waals surface area contributed by atoms with Gasteiger partial charge >= 0.3 is 37.7 Å². The van der Waals surface area contributed by atoms with E-state index in [1.807, 2.05) is 79.1 Å². The Morgan fingerprint density at radius 1 is 0.857 bits per heavy atom. The number of carbonyl (C=O) groups is 2. The summed E-state index contributed by atoms with van der Waals surface area (Å²) in [5, 5.41) is 31.6. The third kappa shape index (κ3) is 8.39. The van der Waals surface area contributed by atoms with Crippen molar-refractivity contribution in [1.82, 2.24) is 4.57 Å². The van der Waals surface area contributed by atoms with Crippen molar-refractivity contribution < 1.29 is 29.3 Å². The van der Waals surface area contributed by atoms with E-state index in [0.29, 0.717) is 5.56 Å². The molecule has 0 aliphatic rings. The smallest absolute Gasteiger partial charge is 0.550 e. The van der Waals surface area contributed by atoms with Gasteiger partial charge in [0.1, 0.15) is 5.82 Å². The molecule has 0 saturated carbocycles.